The highest BCUT2D eigenvalue weighted by Gasteiger charge is 2.17. The van der Waals surface area contributed by atoms with Crippen LogP contribution in [-0.2, 0) is 0 Å². The SMILES string of the molecule is C=Cc1c(/C=C/c2ccc3sc4ccccc4c3c2)c2ccccc2n1-c1cc(-c2ccccc2)cc(-c2ccccc2)n1. The van der Waals surface area contributed by atoms with Crippen molar-refractivity contribution in [1.29, 1.82) is 0 Å². The monoisotopic (exact) mass is 580 g/mol. The van der Waals surface area contributed by atoms with Crippen molar-refractivity contribution in [2.75, 3.05) is 0 Å². The van der Waals surface area contributed by atoms with E-state index in [4.69, 9.17) is 4.98 Å². The summed E-state index contributed by atoms with van der Waals surface area (Å²) in [7, 11) is 0. The number of aromatic nitrogens is 2. The van der Waals surface area contributed by atoms with E-state index in [0.29, 0.717) is 0 Å². The molecule has 3 heterocycles. The Morgan fingerprint density at radius 3 is 2.05 bits per heavy atom. The number of rotatable bonds is 6. The first kappa shape index (κ1) is 26.1. The van der Waals surface area contributed by atoms with Crippen LogP contribution in [0.3, 0.4) is 0 Å². The van der Waals surface area contributed by atoms with Crippen LogP contribution in [0.5, 0.6) is 0 Å². The number of para-hydroxylation sites is 1. The molecule has 0 saturated carbocycles. The Hall–Kier alpha value is -5.51. The van der Waals surface area contributed by atoms with Gasteiger partial charge in [-0.05, 0) is 59.2 Å². The van der Waals surface area contributed by atoms with Crippen LogP contribution in [0.1, 0.15) is 16.8 Å². The van der Waals surface area contributed by atoms with E-state index in [1.165, 1.54) is 25.7 Å². The second kappa shape index (κ2) is 11.0. The summed E-state index contributed by atoms with van der Waals surface area (Å²) in [6, 6.07) is 49.2. The fraction of sp³-hybridized carbons (Fsp3) is 0. The summed E-state index contributed by atoms with van der Waals surface area (Å²) < 4.78 is 4.88. The van der Waals surface area contributed by atoms with Crippen molar-refractivity contribution in [3.63, 3.8) is 0 Å². The lowest BCUT2D eigenvalue weighted by molar-refractivity contribution is 1.03. The van der Waals surface area contributed by atoms with Crippen LogP contribution in [0.2, 0.25) is 0 Å². The minimum Gasteiger partial charge on any atom is -0.294 e. The van der Waals surface area contributed by atoms with Gasteiger partial charge in [0, 0.05) is 36.7 Å². The summed E-state index contributed by atoms with van der Waals surface area (Å²) in [6.07, 6.45) is 6.40. The number of hydrogen-bond donors (Lipinski definition) is 0. The molecule has 3 heteroatoms. The Labute approximate surface area is 260 Å². The third-order valence-corrected chi connectivity index (χ3v) is 9.36. The van der Waals surface area contributed by atoms with Gasteiger partial charge in [-0.2, -0.15) is 0 Å². The van der Waals surface area contributed by atoms with E-state index in [9.17, 15) is 0 Å². The van der Waals surface area contributed by atoms with E-state index in [1.54, 1.807) is 0 Å². The van der Waals surface area contributed by atoms with Crippen LogP contribution < -0.4 is 0 Å². The summed E-state index contributed by atoms with van der Waals surface area (Å²) >= 11 is 1.85. The van der Waals surface area contributed by atoms with Gasteiger partial charge in [0.15, 0.2) is 0 Å². The molecule has 0 radical (unpaired) electrons. The topological polar surface area (TPSA) is 17.8 Å². The first-order valence-electron chi connectivity index (χ1n) is 14.8. The van der Waals surface area contributed by atoms with Crippen LogP contribution >= 0.6 is 11.3 Å². The van der Waals surface area contributed by atoms with Gasteiger partial charge in [0.05, 0.1) is 16.9 Å². The van der Waals surface area contributed by atoms with Gasteiger partial charge in [-0.15, -0.1) is 11.3 Å². The third-order valence-electron chi connectivity index (χ3n) is 8.21. The first-order valence-corrected chi connectivity index (χ1v) is 15.6. The molecule has 8 aromatic rings. The normalized spacial score (nSPS) is 11.6. The zero-order chi connectivity index (χ0) is 29.5. The van der Waals surface area contributed by atoms with Crippen LogP contribution in [0.4, 0.5) is 0 Å². The third kappa shape index (κ3) is 4.55. The van der Waals surface area contributed by atoms with Crippen molar-refractivity contribution in [2.45, 2.75) is 0 Å². The summed E-state index contributed by atoms with van der Waals surface area (Å²) in [5.41, 5.74) is 8.70. The fourth-order valence-electron chi connectivity index (χ4n) is 6.12. The van der Waals surface area contributed by atoms with E-state index in [-0.39, 0.29) is 0 Å². The highest BCUT2D eigenvalue weighted by atomic mass is 32.1. The molecule has 0 aliphatic heterocycles. The summed E-state index contributed by atoms with van der Waals surface area (Å²) in [5.74, 6) is 0.863. The maximum atomic E-state index is 5.24. The number of hydrogen-bond acceptors (Lipinski definition) is 2. The van der Waals surface area contributed by atoms with Gasteiger partial charge in [-0.3, -0.25) is 4.57 Å². The first-order chi connectivity index (χ1) is 21.8. The highest BCUT2D eigenvalue weighted by molar-refractivity contribution is 7.25. The van der Waals surface area contributed by atoms with Gasteiger partial charge < -0.3 is 0 Å². The van der Waals surface area contributed by atoms with Gasteiger partial charge >= 0.3 is 0 Å². The molecule has 0 atom stereocenters. The average molecular weight is 581 g/mol. The molecule has 2 nitrogen and oxygen atoms in total. The molecule has 0 bridgehead atoms. The number of nitrogens with zero attached hydrogens (tertiary/aromatic N) is 2. The van der Waals surface area contributed by atoms with E-state index in [1.807, 2.05) is 23.5 Å². The average Bonchev–Trinajstić information content (AvgIpc) is 3.63. The molecule has 0 fully saturated rings. The summed E-state index contributed by atoms with van der Waals surface area (Å²) in [6.45, 7) is 4.28. The highest BCUT2D eigenvalue weighted by Crippen LogP contribution is 2.36. The molecular weight excluding hydrogens is 553 g/mol. The minimum absolute atomic E-state index is 0.863. The van der Waals surface area contributed by atoms with E-state index in [2.05, 4.69) is 157 Å². The van der Waals surface area contributed by atoms with Gasteiger partial charge in [-0.1, -0.05) is 122 Å². The second-order valence-corrected chi connectivity index (χ2v) is 12.0. The Kier molecular flexibility index (Phi) is 6.51. The van der Waals surface area contributed by atoms with Gasteiger partial charge in [-0.25, -0.2) is 4.98 Å². The van der Waals surface area contributed by atoms with Crippen molar-refractivity contribution < 1.29 is 0 Å². The molecule has 0 amide bonds. The number of pyridine rings is 1. The van der Waals surface area contributed by atoms with Crippen molar-refractivity contribution in [3.05, 3.63) is 163 Å². The lowest BCUT2D eigenvalue weighted by Crippen LogP contribution is -2.02. The standard InChI is InChI=1S/C41H28N2S/c1-2-37-33(23-21-28-22-24-40-35(25-28)34-18-10-12-20-39(34)44-40)32-17-9-11-19-38(32)43(37)41-27-31(29-13-5-3-6-14-29)26-36(42-41)30-15-7-4-8-16-30/h2-27H,1H2/b23-21+. The predicted molar refractivity (Wildman–Crippen MR) is 190 cm³/mol. The van der Waals surface area contributed by atoms with Crippen LogP contribution in [0.25, 0.3) is 77.5 Å². The molecule has 0 unspecified atom stereocenters. The zero-order valence-electron chi connectivity index (χ0n) is 24.0. The Morgan fingerprint density at radius 2 is 1.25 bits per heavy atom. The lowest BCUT2D eigenvalue weighted by atomic mass is 10.0. The molecule has 5 aromatic carbocycles. The maximum absolute atomic E-state index is 5.24. The molecule has 0 spiro atoms. The molecular formula is C41H28N2S. The smallest absolute Gasteiger partial charge is 0.138 e. The van der Waals surface area contributed by atoms with Crippen LogP contribution in [0.15, 0.2) is 146 Å². The Morgan fingerprint density at radius 1 is 0.568 bits per heavy atom. The van der Waals surface area contributed by atoms with Crippen LogP contribution in [0, 0.1) is 0 Å². The summed E-state index contributed by atoms with van der Waals surface area (Å²) in [4.78, 5) is 5.24. The Bertz CT molecular complexity index is 2280. The molecule has 208 valence electrons. The van der Waals surface area contributed by atoms with E-state index in [0.717, 1.165) is 50.4 Å². The minimum atomic E-state index is 0.863. The van der Waals surface area contributed by atoms with Gasteiger partial charge in [0.1, 0.15) is 5.82 Å². The second-order valence-electron chi connectivity index (χ2n) is 10.9. The number of thiophene rings is 1. The van der Waals surface area contributed by atoms with Crippen molar-refractivity contribution in [1.82, 2.24) is 9.55 Å². The Balaban J connectivity index is 1.31. The van der Waals surface area contributed by atoms with E-state index >= 15 is 0 Å². The quantitative estimate of drug-likeness (QED) is 0.191. The van der Waals surface area contributed by atoms with Crippen molar-refractivity contribution in [3.8, 4) is 28.2 Å². The predicted octanol–water partition coefficient (Wildman–Crippen LogP) is 11.5. The largest absolute Gasteiger partial charge is 0.294 e. The van der Waals surface area contributed by atoms with E-state index < -0.39 is 0 Å². The number of fused-ring (bicyclic) bond motifs is 4. The van der Waals surface area contributed by atoms with Crippen LogP contribution in [-0.4, -0.2) is 9.55 Å². The van der Waals surface area contributed by atoms with Gasteiger partial charge in [0.2, 0.25) is 0 Å². The fourth-order valence-corrected chi connectivity index (χ4v) is 7.21. The number of benzene rings is 5. The molecule has 0 N–H and O–H groups in total. The molecule has 0 aliphatic carbocycles. The molecule has 0 saturated heterocycles. The van der Waals surface area contributed by atoms with Gasteiger partial charge in [0.25, 0.3) is 0 Å². The lowest BCUT2D eigenvalue weighted by Gasteiger charge is -2.13. The van der Waals surface area contributed by atoms with Crippen molar-refractivity contribution in [2.24, 2.45) is 0 Å². The molecule has 44 heavy (non-hydrogen) atoms. The van der Waals surface area contributed by atoms with Crippen molar-refractivity contribution >= 4 is 60.6 Å². The zero-order valence-corrected chi connectivity index (χ0v) is 24.8. The molecule has 0 aliphatic rings. The molecule has 8 rings (SSSR count). The maximum Gasteiger partial charge on any atom is 0.138 e. The molecule has 3 aromatic heterocycles. The summed E-state index contributed by atoms with van der Waals surface area (Å²) in [5, 5.41) is 3.77.